The maximum atomic E-state index is 6.07. The van der Waals surface area contributed by atoms with E-state index in [1.165, 1.54) is 0 Å². The third-order valence-electron chi connectivity index (χ3n) is 4.53. The lowest BCUT2D eigenvalue weighted by Gasteiger charge is -2.12. The summed E-state index contributed by atoms with van der Waals surface area (Å²) in [7, 11) is 1.65. The number of rotatable bonds is 7. The van der Waals surface area contributed by atoms with Gasteiger partial charge in [-0.15, -0.1) is 0 Å². The van der Waals surface area contributed by atoms with Crippen molar-refractivity contribution >= 4 is 34.4 Å². The Morgan fingerprint density at radius 1 is 1.00 bits per heavy atom. The number of anilines is 1. The average Bonchev–Trinajstić information content (AvgIpc) is 2.79. The molecule has 0 fully saturated rings. The molecule has 5 nitrogen and oxygen atoms in total. The predicted octanol–water partition coefficient (Wildman–Crippen LogP) is 5.92. The van der Waals surface area contributed by atoms with Gasteiger partial charge in [0.2, 0.25) is 0 Å². The van der Waals surface area contributed by atoms with E-state index in [4.69, 9.17) is 21.1 Å². The molecule has 4 aromatic rings. The smallest absolute Gasteiger partial charge is 0.146 e. The van der Waals surface area contributed by atoms with Crippen LogP contribution in [0.4, 0.5) is 5.69 Å². The molecule has 4 rings (SSSR count). The summed E-state index contributed by atoms with van der Waals surface area (Å²) in [5, 5.41) is 6.01. The van der Waals surface area contributed by atoms with Crippen LogP contribution in [-0.4, -0.2) is 18.3 Å². The second-order valence-electron chi connectivity index (χ2n) is 6.57. The van der Waals surface area contributed by atoms with E-state index in [9.17, 15) is 0 Å². The minimum Gasteiger partial charge on any atom is -0.496 e. The highest BCUT2D eigenvalue weighted by molar-refractivity contribution is 6.30. The van der Waals surface area contributed by atoms with Crippen molar-refractivity contribution in [2.45, 2.75) is 6.61 Å². The van der Waals surface area contributed by atoms with Crippen LogP contribution < -0.4 is 14.9 Å². The van der Waals surface area contributed by atoms with Gasteiger partial charge in [-0.25, -0.2) is 0 Å². The molecule has 1 aromatic heterocycles. The van der Waals surface area contributed by atoms with Gasteiger partial charge in [-0.3, -0.25) is 10.4 Å². The molecule has 3 aromatic carbocycles. The van der Waals surface area contributed by atoms with Gasteiger partial charge in [0.15, 0.2) is 0 Å². The Balaban J connectivity index is 1.49. The molecule has 0 aliphatic heterocycles. The summed E-state index contributed by atoms with van der Waals surface area (Å²) in [6.45, 7) is 0.352. The van der Waals surface area contributed by atoms with Crippen molar-refractivity contribution in [3.05, 3.63) is 95.1 Å². The molecule has 1 N–H and O–H groups in total. The lowest BCUT2D eigenvalue weighted by Crippen LogP contribution is -2.01. The van der Waals surface area contributed by atoms with E-state index in [1.54, 1.807) is 19.5 Å². The molecule has 150 valence electrons. The molecular formula is C24H20ClN3O2. The van der Waals surface area contributed by atoms with Gasteiger partial charge in [0, 0.05) is 22.2 Å². The second-order valence-corrected chi connectivity index (χ2v) is 7.00. The Bertz CT molecular complexity index is 1170. The average molecular weight is 418 g/mol. The van der Waals surface area contributed by atoms with Crippen molar-refractivity contribution in [2.75, 3.05) is 12.5 Å². The third kappa shape index (κ3) is 4.70. The van der Waals surface area contributed by atoms with E-state index >= 15 is 0 Å². The fourth-order valence-electron chi connectivity index (χ4n) is 3.05. The number of nitrogens with one attached hydrogen (secondary N) is 1. The van der Waals surface area contributed by atoms with Crippen molar-refractivity contribution in [1.29, 1.82) is 0 Å². The number of aromatic nitrogens is 1. The molecule has 0 saturated carbocycles. The van der Waals surface area contributed by atoms with Crippen LogP contribution in [0.15, 0.2) is 84.1 Å². The standard InChI is InChI=1S/C24H20ClN3O2/c1-29-22-12-7-17(15-27-28-21-10-8-20(25)9-11-21)14-19(22)16-30-23-6-2-4-18-5-3-13-26-24(18)23/h2-15,28H,16H2,1H3/b27-15+. The van der Waals surface area contributed by atoms with Crippen LogP contribution in [0.2, 0.25) is 5.02 Å². The zero-order valence-corrected chi connectivity index (χ0v) is 17.1. The molecule has 0 spiro atoms. The molecule has 0 bridgehead atoms. The van der Waals surface area contributed by atoms with Crippen LogP contribution in [0.3, 0.4) is 0 Å². The van der Waals surface area contributed by atoms with Gasteiger partial charge in [-0.1, -0.05) is 29.8 Å². The van der Waals surface area contributed by atoms with Crippen molar-refractivity contribution in [3.63, 3.8) is 0 Å². The van der Waals surface area contributed by atoms with Gasteiger partial charge >= 0.3 is 0 Å². The number of pyridine rings is 1. The molecule has 30 heavy (non-hydrogen) atoms. The lowest BCUT2D eigenvalue weighted by atomic mass is 10.1. The number of hydrogen-bond acceptors (Lipinski definition) is 5. The summed E-state index contributed by atoms with van der Waals surface area (Å²) in [5.74, 6) is 1.49. The van der Waals surface area contributed by atoms with Crippen LogP contribution in [0.1, 0.15) is 11.1 Å². The molecular weight excluding hydrogens is 398 g/mol. The van der Waals surface area contributed by atoms with E-state index in [0.29, 0.717) is 11.6 Å². The quantitative estimate of drug-likeness (QED) is 0.299. The number of methoxy groups -OCH3 is 1. The minimum absolute atomic E-state index is 0.352. The van der Waals surface area contributed by atoms with E-state index in [0.717, 1.165) is 39.2 Å². The molecule has 0 amide bonds. The highest BCUT2D eigenvalue weighted by atomic mass is 35.5. The summed E-state index contributed by atoms with van der Waals surface area (Å²) in [6, 6.07) is 23.0. The summed E-state index contributed by atoms with van der Waals surface area (Å²) in [5.41, 5.74) is 6.52. The van der Waals surface area contributed by atoms with Crippen molar-refractivity contribution in [3.8, 4) is 11.5 Å². The molecule has 0 aliphatic carbocycles. The summed E-state index contributed by atoms with van der Waals surface area (Å²) in [4.78, 5) is 4.43. The number of hydrazone groups is 1. The van der Waals surface area contributed by atoms with Gasteiger partial charge in [0.25, 0.3) is 0 Å². The maximum absolute atomic E-state index is 6.07. The maximum Gasteiger partial charge on any atom is 0.146 e. The Hall–Kier alpha value is -3.57. The zero-order chi connectivity index (χ0) is 20.8. The number of hydrogen-bond donors (Lipinski definition) is 1. The third-order valence-corrected chi connectivity index (χ3v) is 4.79. The molecule has 1 heterocycles. The molecule has 6 heteroatoms. The first-order valence-electron chi connectivity index (χ1n) is 9.41. The Kier molecular flexibility index (Phi) is 6.11. The summed E-state index contributed by atoms with van der Waals surface area (Å²) < 4.78 is 11.6. The first-order chi connectivity index (χ1) is 14.7. The highest BCUT2D eigenvalue weighted by Gasteiger charge is 2.08. The molecule has 0 unspecified atom stereocenters. The number of halogens is 1. The van der Waals surface area contributed by atoms with Crippen LogP contribution >= 0.6 is 11.6 Å². The summed E-state index contributed by atoms with van der Waals surface area (Å²) in [6.07, 6.45) is 3.51. The normalized spacial score (nSPS) is 11.0. The van der Waals surface area contributed by atoms with E-state index in [2.05, 4.69) is 15.5 Å². The lowest BCUT2D eigenvalue weighted by molar-refractivity contribution is 0.299. The molecule has 0 radical (unpaired) electrons. The van der Waals surface area contributed by atoms with Gasteiger partial charge in [0.1, 0.15) is 23.6 Å². The van der Waals surface area contributed by atoms with Crippen molar-refractivity contribution in [2.24, 2.45) is 5.10 Å². The van der Waals surface area contributed by atoms with E-state index in [1.807, 2.05) is 72.8 Å². The first-order valence-corrected chi connectivity index (χ1v) is 9.79. The Labute approximate surface area is 179 Å². The molecule has 0 atom stereocenters. The minimum atomic E-state index is 0.352. The van der Waals surface area contributed by atoms with Gasteiger partial charge < -0.3 is 9.47 Å². The fraction of sp³-hybridized carbons (Fsp3) is 0.0833. The highest BCUT2D eigenvalue weighted by Crippen LogP contribution is 2.26. The Morgan fingerprint density at radius 2 is 1.83 bits per heavy atom. The van der Waals surface area contributed by atoms with Crippen molar-refractivity contribution < 1.29 is 9.47 Å². The van der Waals surface area contributed by atoms with Gasteiger partial charge in [-0.2, -0.15) is 5.10 Å². The van der Waals surface area contributed by atoms with Gasteiger partial charge in [0.05, 0.1) is 19.0 Å². The van der Waals surface area contributed by atoms with E-state index in [-0.39, 0.29) is 0 Å². The van der Waals surface area contributed by atoms with Crippen molar-refractivity contribution in [1.82, 2.24) is 4.98 Å². The zero-order valence-electron chi connectivity index (χ0n) is 16.4. The van der Waals surface area contributed by atoms with Crippen LogP contribution in [-0.2, 0) is 6.61 Å². The molecule has 0 saturated heterocycles. The number of ether oxygens (including phenoxy) is 2. The topological polar surface area (TPSA) is 55.7 Å². The first kappa shape index (κ1) is 19.7. The number of para-hydroxylation sites is 1. The fourth-order valence-corrected chi connectivity index (χ4v) is 3.17. The molecule has 0 aliphatic rings. The second kappa shape index (κ2) is 9.29. The number of fused-ring (bicyclic) bond motifs is 1. The Morgan fingerprint density at radius 3 is 2.67 bits per heavy atom. The van der Waals surface area contributed by atoms with Crippen LogP contribution in [0, 0.1) is 0 Å². The monoisotopic (exact) mass is 417 g/mol. The largest absolute Gasteiger partial charge is 0.496 e. The van der Waals surface area contributed by atoms with Crippen LogP contribution in [0.25, 0.3) is 10.9 Å². The van der Waals surface area contributed by atoms with Gasteiger partial charge in [-0.05, 0) is 60.2 Å². The number of benzene rings is 3. The predicted molar refractivity (Wildman–Crippen MR) is 122 cm³/mol. The number of nitrogens with zero attached hydrogens (tertiary/aromatic N) is 2. The van der Waals surface area contributed by atoms with E-state index < -0.39 is 0 Å². The SMILES string of the molecule is COc1ccc(/C=N/Nc2ccc(Cl)cc2)cc1COc1cccc2cccnc12. The van der Waals surface area contributed by atoms with Crippen LogP contribution in [0.5, 0.6) is 11.5 Å². The summed E-state index contributed by atoms with van der Waals surface area (Å²) >= 11 is 5.90.